The van der Waals surface area contributed by atoms with Crippen molar-refractivity contribution in [3.05, 3.63) is 83.2 Å². The zero-order chi connectivity index (χ0) is 25.4. The fraction of sp³-hybridized carbons (Fsp3) is 0.296. The number of fused-ring (bicyclic) bond motifs is 2. The molecule has 2 atom stereocenters. The molecular formula is C27H26FN7O2. The molecule has 10 heteroatoms. The Labute approximate surface area is 212 Å². The van der Waals surface area contributed by atoms with Crippen molar-refractivity contribution in [2.75, 3.05) is 11.9 Å². The summed E-state index contributed by atoms with van der Waals surface area (Å²) in [6.07, 6.45) is 6.74. The van der Waals surface area contributed by atoms with Crippen molar-refractivity contribution in [1.82, 2.24) is 29.1 Å². The van der Waals surface area contributed by atoms with E-state index in [0.717, 1.165) is 19.3 Å². The summed E-state index contributed by atoms with van der Waals surface area (Å²) in [6, 6.07) is 13.2. The highest BCUT2D eigenvalue weighted by Crippen LogP contribution is 2.30. The quantitative estimate of drug-likeness (QED) is 0.354. The molecule has 0 radical (unpaired) electrons. The van der Waals surface area contributed by atoms with Crippen LogP contribution < -0.4 is 10.9 Å². The van der Waals surface area contributed by atoms with Gasteiger partial charge in [-0.05, 0) is 49.9 Å². The maximum atomic E-state index is 14.7. The molecule has 188 valence electrons. The second-order valence-electron chi connectivity index (χ2n) is 9.05. The van der Waals surface area contributed by atoms with E-state index >= 15 is 0 Å². The molecule has 0 spiro atoms. The van der Waals surface area contributed by atoms with Crippen LogP contribution in [0, 0.1) is 5.82 Å². The van der Waals surface area contributed by atoms with E-state index in [0.29, 0.717) is 47.0 Å². The lowest BCUT2D eigenvalue weighted by Gasteiger charge is -2.24. The third kappa shape index (κ3) is 4.13. The Bertz CT molecular complexity index is 1630. The van der Waals surface area contributed by atoms with Crippen molar-refractivity contribution in [1.29, 1.82) is 0 Å². The molecule has 0 aliphatic carbocycles. The number of ether oxygens (including phenoxy) is 1. The molecule has 5 aromatic rings. The molecular weight excluding hydrogens is 473 g/mol. The zero-order valence-electron chi connectivity index (χ0n) is 20.3. The van der Waals surface area contributed by atoms with Crippen LogP contribution in [0.4, 0.5) is 10.2 Å². The Kier molecular flexibility index (Phi) is 6.09. The topological polar surface area (TPSA) is 99.8 Å². The second kappa shape index (κ2) is 9.70. The lowest BCUT2D eigenvalue weighted by molar-refractivity contribution is -0.0298. The molecule has 1 unspecified atom stereocenters. The van der Waals surface area contributed by atoms with Crippen LogP contribution in [0.3, 0.4) is 0 Å². The predicted octanol–water partition coefficient (Wildman–Crippen LogP) is 4.93. The van der Waals surface area contributed by atoms with Gasteiger partial charge in [0.15, 0.2) is 17.0 Å². The Hall–Kier alpha value is -4.18. The largest absolute Gasteiger partial charge is 0.358 e. The van der Waals surface area contributed by atoms with Crippen LogP contribution in [-0.4, -0.2) is 35.7 Å². The second-order valence-corrected chi connectivity index (χ2v) is 9.05. The fourth-order valence-electron chi connectivity index (χ4n) is 4.89. The van der Waals surface area contributed by atoms with Gasteiger partial charge in [0.1, 0.15) is 29.6 Å². The van der Waals surface area contributed by atoms with Crippen LogP contribution in [0.15, 0.2) is 66.0 Å². The molecule has 0 bridgehead atoms. The number of para-hydroxylation sites is 1. The van der Waals surface area contributed by atoms with Gasteiger partial charge >= 0.3 is 0 Å². The zero-order valence-corrected chi connectivity index (χ0v) is 20.3. The number of imidazole rings is 1. The van der Waals surface area contributed by atoms with E-state index in [-0.39, 0.29) is 11.6 Å². The molecule has 6 rings (SSSR count). The van der Waals surface area contributed by atoms with Crippen molar-refractivity contribution in [3.63, 3.8) is 0 Å². The van der Waals surface area contributed by atoms with Crippen LogP contribution in [0.5, 0.6) is 0 Å². The number of hydrogen-bond donors (Lipinski definition) is 1. The van der Waals surface area contributed by atoms with E-state index in [1.807, 2.05) is 29.7 Å². The first-order chi connectivity index (χ1) is 18.2. The SMILES string of the molecule is CC[C@H](Nc1ncnc2c1ncn2C1CCCCO1)c1nc2cccc(F)c2c(=O)n1-c1ccccc1. The number of anilines is 1. The van der Waals surface area contributed by atoms with Crippen LogP contribution in [0.25, 0.3) is 27.8 Å². The standard InChI is InChI=1S/C27H26FN7O2/c1-2-19(32-24-23-26(30-15-29-24)34(16-31-23)21-13-6-7-14-37-21)25-33-20-12-8-11-18(28)22(20)27(36)35(25)17-9-4-3-5-10-17/h3-5,8-12,15-16,19,21H,2,6-7,13-14H2,1H3,(H,29,30,32)/t19-,21?/m0/s1. The first kappa shape index (κ1) is 23.2. The number of hydrogen-bond acceptors (Lipinski definition) is 7. The van der Waals surface area contributed by atoms with Crippen molar-refractivity contribution in [3.8, 4) is 5.69 Å². The van der Waals surface area contributed by atoms with Crippen LogP contribution >= 0.6 is 0 Å². The normalized spacial score (nSPS) is 16.8. The van der Waals surface area contributed by atoms with E-state index in [1.54, 1.807) is 30.6 Å². The molecule has 1 saturated heterocycles. The maximum absolute atomic E-state index is 14.7. The Morgan fingerprint density at radius 3 is 2.76 bits per heavy atom. The summed E-state index contributed by atoms with van der Waals surface area (Å²) in [7, 11) is 0. The minimum absolute atomic E-state index is 0.0411. The molecule has 2 aromatic carbocycles. The number of rotatable bonds is 6. The Morgan fingerprint density at radius 1 is 1.11 bits per heavy atom. The molecule has 9 nitrogen and oxygen atoms in total. The van der Waals surface area contributed by atoms with Crippen molar-refractivity contribution in [2.24, 2.45) is 0 Å². The van der Waals surface area contributed by atoms with Gasteiger partial charge in [-0.2, -0.15) is 0 Å². The Balaban J connectivity index is 1.47. The van der Waals surface area contributed by atoms with Gasteiger partial charge in [0, 0.05) is 6.61 Å². The molecule has 1 aliphatic heterocycles. The fourth-order valence-corrected chi connectivity index (χ4v) is 4.89. The first-order valence-corrected chi connectivity index (χ1v) is 12.5. The summed E-state index contributed by atoms with van der Waals surface area (Å²) in [5.74, 6) is 0.387. The molecule has 1 fully saturated rings. The highest BCUT2D eigenvalue weighted by atomic mass is 19.1. The lowest BCUT2D eigenvalue weighted by Crippen LogP contribution is -2.28. The highest BCUT2D eigenvalue weighted by Gasteiger charge is 2.24. The Morgan fingerprint density at radius 2 is 1.97 bits per heavy atom. The summed E-state index contributed by atoms with van der Waals surface area (Å²) in [6.45, 7) is 2.70. The van der Waals surface area contributed by atoms with Gasteiger partial charge in [0.25, 0.3) is 5.56 Å². The van der Waals surface area contributed by atoms with Crippen molar-refractivity contribution < 1.29 is 9.13 Å². The monoisotopic (exact) mass is 499 g/mol. The number of halogens is 1. The van der Waals surface area contributed by atoms with Crippen LogP contribution in [0.1, 0.15) is 50.7 Å². The number of benzene rings is 2. The van der Waals surface area contributed by atoms with Gasteiger partial charge in [-0.3, -0.25) is 13.9 Å². The number of aromatic nitrogens is 6. The highest BCUT2D eigenvalue weighted by molar-refractivity contribution is 5.83. The smallest absolute Gasteiger partial charge is 0.269 e. The predicted molar refractivity (Wildman–Crippen MR) is 138 cm³/mol. The average Bonchev–Trinajstić information content (AvgIpc) is 3.37. The van der Waals surface area contributed by atoms with Crippen molar-refractivity contribution in [2.45, 2.75) is 44.9 Å². The summed E-state index contributed by atoms with van der Waals surface area (Å²) in [4.78, 5) is 31.9. The van der Waals surface area contributed by atoms with Gasteiger partial charge in [-0.15, -0.1) is 0 Å². The minimum Gasteiger partial charge on any atom is -0.358 e. The van der Waals surface area contributed by atoms with Gasteiger partial charge in [0.2, 0.25) is 0 Å². The van der Waals surface area contributed by atoms with E-state index in [2.05, 4.69) is 20.3 Å². The molecule has 3 aromatic heterocycles. The van der Waals surface area contributed by atoms with Gasteiger partial charge < -0.3 is 10.1 Å². The lowest BCUT2D eigenvalue weighted by atomic mass is 10.1. The maximum Gasteiger partial charge on any atom is 0.269 e. The van der Waals surface area contributed by atoms with Crippen molar-refractivity contribution >= 4 is 27.9 Å². The summed E-state index contributed by atoms with van der Waals surface area (Å²) in [5.41, 5.74) is 1.73. The molecule has 1 N–H and O–H groups in total. The number of nitrogens with one attached hydrogen (secondary N) is 1. The van der Waals surface area contributed by atoms with Gasteiger partial charge in [-0.25, -0.2) is 24.3 Å². The molecule has 37 heavy (non-hydrogen) atoms. The van der Waals surface area contributed by atoms with Crippen LogP contribution in [-0.2, 0) is 4.74 Å². The van der Waals surface area contributed by atoms with E-state index in [4.69, 9.17) is 9.72 Å². The summed E-state index contributed by atoms with van der Waals surface area (Å²) < 4.78 is 24.1. The van der Waals surface area contributed by atoms with Gasteiger partial charge in [0.05, 0.1) is 23.6 Å². The average molecular weight is 500 g/mol. The van der Waals surface area contributed by atoms with Crippen LogP contribution in [0.2, 0.25) is 0 Å². The molecule has 0 saturated carbocycles. The number of nitrogens with zero attached hydrogens (tertiary/aromatic N) is 6. The van der Waals surface area contributed by atoms with E-state index in [9.17, 15) is 9.18 Å². The van der Waals surface area contributed by atoms with E-state index < -0.39 is 17.4 Å². The van der Waals surface area contributed by atoms with Gasteiger partial charge in [-0.1, -0.05) is 31.2 Å². The molecule has 0 amide bonds. The third-order valence-corrected chi connectivity index (χ3v) is 6.74. The summed E-state index contributed by atoms with van der Waals surface area (Å²) in [5, 5.41) is 3.40. The third-order valence-electron chi connectivity index (χ3n) is 6.74. The van der Waals surface area contributed by atoms with E-state index in [1.165, 1.54) is 17.0 Å². The minimum atomic E-state index is -0.597. The molecule has 1 aliphatic rings. The molecule has 4 heterocycles. The first-order valence-electron chi connectivity index (χ1n) is 12.5. The summed E-state index contributed by atoms with van der Waals surface area (Å²) >= 11 is 0.